The van der Waals surface area contributed by atoms with Crippen LogP contribution in [0.4, 0.5) is 0 Å². The van der Waals surface area contributed by atoms with E-state index in [1.54, 1.807) is 28.6 Å². The van der Waals surface area contributed by atoms with E-state index in [2.05, 4.69) is 20.1 Å². The number of nitrogens with zero attached hydrogens (tertiary/aromatic N) is 5. The van der Waals surface area contributed by atoms with E-state index in [-0.39, 0.29) is 11.9 Å². The van der Waals surface area contributed by atoms with Gasteiger partial charge in [0, 0.05) is 24.9 Å². The highest BCUT2D eigenvalue weighted by molar-refractivity contribution is 7.13. The molecule has 1 atom stereocenters. The Morgan fingerprint density at radius 3 is 2.81 bits per heavy atom. The molecule has 1 aliphatic carbocycles. The Morgan fingerprint density at radius 1 is 1.23 bits per heavy atom. The molecule has 1 unspecified atom stereocenters. The lowest BCUT2D eigenvalue weighted by Gasteiger charge is -2.21. The predicted octanol–water partition coefficient (Wildman–Crippen LogP) is 3.44. The van der Waals surface area contributed by atoms with Gasteiger partial charge in [0.1, 0.15) is 6.04 Å². The fourth-order valence-corrected chi connectivity index (χ4v) is 3.97. The van der Waals surface area contributed by atoms with Crippen molar-refractivity contribution in [1.82, 2.24) is 25.0 Å². The third-order valence-electron chi connectivity index (χ3n) is 4.84. The Morgan fingerprint density at radius 2 is 2.08 bits per heavy atom. The van der Waals surface area contributed by atoms with Crippen LogP contribution in [0.15, 0.2) is 34.4 Å². The first-order valence-electron chi connectivity index (χ1n) is 8.80. The third kappa shape index (κ3) is 2.80. The van der Waals surface area contributed by atoms with Gasteiger partial charge in [-0.1, -0.05) is 11.2 Å². The monoisotopic (exact) mass is 367 g/mol. The van der Waals surface area contributed by atoms with Gasteiger partial charge in [0.05, 0.1) is 10.4 Å². The molecule has 1 aliphatic heterocycles. The number of aromatic nitrogens is 4. The van der Waals surface area contributed by atoms with Gasteiger partial charge in [-0.05, 0) is 37.1 Å². The molecule has 26 heavy (non-hydrogen) atoms. The fourth-order valence-electron chi connectivity index (χ4n) is 3.29. The quantitative estimate of drug-likeness (QED) is 0.702. The van der Waals surface area contributed by atoms with Crippen molar-refractivity contribution in [1.29, 1.82) is 0 Å². The Hall–Kier alpha value is -2.61. The molecule has 3 aromatic heterocycles. The smallest absolute Gasteiger partial charge is 0.257 e. The van der Waals surface area contributed by atoms with E-state index in [1.807, 2.05) is 17.5 Å². The van der Waals surface area contributed by atoms with Crippen LogP contribution in [-0.4, -0.2) is 37.5 Å². The molecule has 3 aromatic rings. The molecule has 7 nitrogen and oxygen atoms in total. The zero-order valence-corrected chi connectivity index (χ0v) is 14.9. The van der Waals surface area contributed by atoms with Crippen LogP contribution in [0.3, 0.4) is 0 Å². The zero-order valence-electron chi connectivity index (χ0n) is 14.0. The van der Waals surface area contributed by atoms with Crippen LogP contribution in [0.5, 0.6) is 0 Å². The van der Waals surface area contributed by atoms with E-state index in [0.29, 0.717) is 29.7 Å². The van der Waals surface area contributed by atoms with E-state index >= 15 is 0 Å². The van der Waals surface area contributed by atoms with E-state index in [4.69, 9.17) is 4.52 Å². The minimum Gasteiger partial charge on any atom is -0.337 e. The summed E-state index contributed by atoms with van der Waals surface area (Å²) in [5.74, 6) is 2.32. The molecule has 1 amide bonds. The first kappa shape index (κ1) is 15.6. The first-order valence-corrected chi connectivity index (χ1v) is 9.68. The van der Waals surface area contributed by atoms with E-state index in [1.165, 1.54) is 0 Å². The molecule has 132 valence electrons. The summed E-state index contributed by atoms with van der Waals surface area (Å²) >= 11 is 1.57. The number of carbonyl (C=O) groups is 1. The largest absolute Gasteiger partial charge is 0.337 e. The second-order valence-electron chi connectivity index (χ2n) is 6.69. The lowest BCUT2D eigenvalue weighted by molar-refractivity contribution is 0.0709. The van der Waals surface area contributed by atoms with Gasteiger partial charge in [0.2, 0.25) is 5.89 Å². The summed E-state index contributed by atoms with van der Waals surface area (Å²) in [6.45, 7) is 0.678. The van der Waals surface area contributed by atoms with Crippen molar-refractivity contribution in [2.45, 2.75) is 37.6 Å². The number of hydrogen-bond acceptors (Lipinski definition) is 7. The maximum atomic E-state index is 12.9. The van der Waals surface area contributed by atoms with Crippen molar-refractivity contribution in [2.75, 3.05) is 6.54 Å². The lowest BCUT2D eigenvalue weighted by Crippen LogP contribution is -2.31. The summed E-state index contributed by atoms with van der Waals surface area (Å²) in [4.78, 5) is 28.9. The molecular formula is C18H17N5O2S. The van der Waals surface area contributed by atoms with Gasteiger partial charge in [-0.3, -0.25) is 4.79 Å². The van der Waals surface area contributed by atoms with Gasteiger partial charge < -0.3 is 9.42 Å². The molecule has 4 heterocycles. The number of carbonyl (C=O) groups excluding carboxylic acids is 1. The second-order valence-corrected chi connectivity index (χ2v) is 7.64. The molecule has 8 heteroatoms. The molecule has 0 radical (unpaired) electrons. The van der Waals surface area contributed by atoms with E-state index in [0.717, 1.165) is 36.4 Å². The molecule has 1 saturated carbocycles. The molecule has 0 N–H and O–H groups in total. The van der Waals surface area contributed by atoms with Gasteiger partial charge in [-0.15, -0.1) is 11.3 Å². The van der Waals surface area contributed by atoms with Crippen LogP contribution < -0.4 is 0 Å². The van der Waals surface area contributed by atoms with Gasteiger partial charge in [0.25, 0.3) is 5.91 Å². The molecule has 2 aliphatic rings. The zero-order chi connectivity index (χ0) is 17.5. The minimum absolute atomic E-state index is 0.0867. The first-order chi connectivity index (χ1) is 12.8. The topological polar surface area (TPSA) is 85.0 Å². The minimum atomic E-state index is -0.153. The summed E-state index contributed by atoms with van der Waals surface area (Å²) < 4.78 is 5.45. The second kappa shape index (κ2) is 6.28. The van der Waals surface area contributed by atoms with Crippen LogP contribution in [-0.2, 0) is 0 Å². The molecule has 0 aromatic carbocycles. The summed E-state index contributed by atoms with van der Waals surface area (Å²) in [6.07, 6.45) is 7.21. The van der Waals surface area contributed by atoms with E-state index < -0.39 is 0 Å². The van der Waals surface area contributed by atoms with Crippen molar-refractivity contribution < 1.29 is 9.32 Å². The molecule has 0 spiro atoms. The van der Waals surface area contributed by atoms with Gasteiger partial charge >= 0.3 is 0 Å². The standard InChI is InChI=1S/C18H17N5O2S/c24-18(12-9-19-16(20-10-12)14-4-2-8-26-14)23-7-1-3-13(23)17-21-15(22-25-17)11-5-6-11/h2,4,8-11,13H,1,3,5-7H2. The molecule has 2 fully saturated rings. The fraction of sp³-hybridized carbons (Fsp3) is 0.389. The average Bonchev–Trinajstić information content (AvgIpc) is 3.14. The van der Waals surface area contributed by atoms with Gasteiger partial charge in [0.15, 0.2) is 11.6 Å². The number of amides is 1. The van der Waals surface area contributed by atoms with Crippen LogP contribution in [0, 0.1) is 0 Å². The number of likely N-dealkylation sites (tertiary alicyclic amines) is 1. The van der Waals surface area contributed by atoms with Crippen molar-refractivity contribution in [3.05, 3.63) is 47.2 Å². The molecular weight excluding hydrogens is 350 g/mol. The maximum absolute atomic E-state index is 12.9. The molecule has 0 bridgehead atoms. The van der Waals surface area contributed by atoms with Crippen LogP contribution in [0.2, 0.25) is 0 Å². The predicted molar refractivity (Wildman–Crippen MR) is 94.6 cm³/mol. The number of rotatable bonds is 4. The van der Waals surface area contributed by atoms with Crippen LogP contribution in [0.1, 0.15) is 59.7 Å². The number of hydrogen-bond donors (Lipinski definition) is 0. The molecule has 1 saturated heterocycles. The Bertz CT molecular complexity index is 917. The highest BCUT2D eigenvalue weighted by Gasteiger charge is 2.36. The maximum Gasteiger partial charge on any atom is 0.257 e. The SMILES string of the molecule is O=C(c1cnc(-c2cccs2)nc1)N1CCCC1c1nc(C2CC2)no1. The Kier molecular flexibility index (Phi) is 3.77. The Balaban J connectivity index is 1.36. The highest BCUT2D eigenvalue weighted by atomic mass is 32.1. The summed E-state index contributed by atoms with van der Waals surface area (Å²) in [6, 6.07) is 3.77. The lowest BCUT2D eigenvalue weighted by atomic mass is 10.2. The van der Waals surface area contributed by atoms with Crippen LogP contribution in [0.25, 0.3) is 10.7 Å². The van der Waals surface area contributed by atoms with Gasteiger partial charge in [-0.2, -0.15) is 4.98 Å². The normalized spacial score (nSPS) is 19.8. The summed E-state index contributed by atoms with van der Waals surface area (Å²) in [5, 5.41) is 6.06. The van der Waals surface area contributed by atoms with Crippen molar-refractivity contribution >= 4 is 17.2 Å². The molecule has 5 rings (SSSR count). The van der Waals surface area contributed by atoms with Crippen molar-refractivity contribution in [3.8, 4) is 10.7 Å². The van der Waals surface area contributed by atoms with Crippen LogP contribution >= 0.6 is 11.3 Å². The highest BCUT2D eigenvalue weighted by Crippen LogP contribution is 2.40. The number of thiophene rings is 1. The van der Waals surface area contributed by atoms with Crippen molar-refractivity contribution in [2.24, 2.45) is 0 Å². The third-order valence-corrected chi connectivity index (χ3v) is 5.70. The Labute approximate surface area is 154 Å². The summed E-state index contributed by atoms with van der Waals surface area (Å²) in [5.41, 5.74) is 0.485. The van der Waals surface area contributed by atoms with Gasteiger partial charge in [-0.25, -0.2) is 9.97 Å². The van der Waals surface area contributed by atoms with E-state index in [9.17, 15) is 4.79 Å². The average molecular weight is 367 g/mol. The summed E-state index contributed by atoms with van der Waals surface area (Å²) in [7, 11) is 0. The van der Waals surface area contributed by atoms with Crippen molar-refractivity contribution in [3.63, 3.8) is 0 Å².